The number of ether oxygens (including phenoxy) is 1. The first-order chi connectivity index (χ1) is 14.5. The lowest BCUT2D eigenvalue weighted by molar-refractivity contribution is -0.150. The van der Waals surface area contributed by atoms with Gasteiger partial charge in [-0.1, -0.05) is 29.3 Å². The molecule has 2 aliphatic heterocycles. The van der Waals surface area contributed by atoms with E-state index in [2.05, 4.69) is 20.1 Å². The number of halogens is 2. The van der Waals surface area contributed by atoms with Gasteiger partial charge in [-0.15, -0.1) is 0 Å². The molecule has 30 heavy (non-hydrogen) atoms. The van der Waals surface area contributed by atoms with Crippen LogP contribution in [0.4, 0.5) is 0 Å². The molecular weight excluding hydrogens is 427 g/mol. The van der Waals surface area contributed by atoms with Gasteiger partial charge < -0.3 is 19.7 Å². The van der Waals surface area contributed by atoms with E-state index >= 15 is 0 Å². The highest BCUT2D eigenvalue weighted by Crippen LogP contribution is 2.42. The Morgan fingerprint density at radius 2 is 2.13 bits per heavy atom. The lowest BCUT2D eigenvalue weighted by Crippen LogP contribution is -2.54. The molecule has 2 aliphatic rings. The number of amides is 1. The van der Waals surface area contributed by atoms with E-state index in [9.17, 15) is 9.90 Å². The predicted octanol–water partition coefficient (Wildman–Crippen LogP) is 3.31. The van der Waals surface area contributed by atoms with Crippen LogP contribution in [0.3, 0.4) is 0 Å². The summed E-state index contributed by atoms with van der Waals surface area (Å²) in [7, 11) is 0. The van der Waals surface area contributed by atoms with Crippen LogP contribution in [0.5, 0.6) is 0 Å². The Morgan fingerprint density at radius 1 is 1.33 bits per heavy atom. The molecule has 1 atom stereocenters. The van der Waals surface area contributed by atoms with Crippen LogP contribution in [0.1, 0.15) is 25.0 Å². The zero-order valence-corrected chi connectivity index (χ0v) is 17.8. The largest absolute Gasteiger partial charge is 0.381 e. The Bertz CT molecular complexity index is 1100. The minimum Gasteiger partial charge on any atom is -0.381 e. The number of rotatable bonds is 3. The molecule has 0 radical (unpaired) electrons. The van der Waals surface area contributed by atoms with Gasteiger partial charge in [0.25, 0.3) is 5.91 Å². The second-order valence-electron chi connectivity index (χ2n) is 8.03. The number of carbonyl (C=O) groups excluding carboxylic acids is 1. The third-order valence-corrected chi connectivity index (χ3v) is 7.01. The molecule has 1 amide bonds. The number of aromatic nitrogens is 3. The summed E-state index contributed by atoms with van der Waals surface area (Å²) < 4.78 is 7.43. The number of aliphatic hydroxyl groups is 1. The summed E-state index contributed by atoms with van der Waals surface area (Å²) in [5, 5.41) is 22.7. The molecule has 1 saturated heterocycles. The van der Waals surface area contributed by atoms with Gasteiger partial charge in [0.1, 0.15) is 5.60 Å². The van der Waals surface area contributed by atoms with Crippen LogP contribution in [0, 0.1) is 0 Å². The second kappa shape index (κ2) is 7.57. The SMILES string of the molecule is O=C(NC1CCc2c(-c3cn[nH]c3)c3ccc(Cl)c(Cl)c3n2C1)C1(O)CCOCC1. The fourth-order valence-corrected chi connectivity index (χ4v) is 5.02. The van der Waals surface area contributed by atoms with Crippen molar-refractivity contribution in [2.24, 2.45) is 0 Å². The molecule has 0 spiro atoms. The molecule has 0 aliphatic carbocycles. The van der Waals surface area contributed by atoms with Crippen molar-refractivity contribution in [3.8, 4) is 11.1 Å². The number of benzene rings is 1. The van der Waals surface area contributed by atoms with Crippen LogP contribution in [-0.2, 0) is 22.5 Å². The maximum Gasteiger partial charge on any atom is 0.252 e. The summed E-state index contributed by atoms with van der Waals surface area (Å²) >= 11 is 12.9. The fraction of sp³-hybridized carbons (Fsp3) is 0.429. The van der Waals surface area contributed by atoms with Crippen molar-refractivity contribution in [1.29, 1.82) is 0 Å². The normalized spacial score (nSPS) is 20.8. The molecule has 5 rings (SSSR count). The predicted molar refractivity (Wildman–Crippen MR) is 115 cm³/mol. The standard InChI is InChI=1S/C21H22Cl2N4O3/c22-15-3-2-14-17(12-9-24-25-10-12)16-4-1-13(11-27(16)19(14)18(15)23)26-20(28)21(29)5-7-30-8-6-21/h2-3,9-10,13,29H,1,4-8,11H2,(H,24,25)(H,26,28). The Labute approximate surface area is 183 Å². The first kappa shape index (κ1) is 19.9. The quantitative estimate of drug-likeness (QED) is 0.572. The molecule has 0 bridgehead atoms. The number of H-pyrrole nitrogens is 1. The highest BCUT2D eigenvalue weighted by Gasteiger charge is 2.39. The first-order valence-corrected chi connectivity index (χ1v) is 10.8. The van der Waals surface area contributed by atoms with Crippen molar-refractivity contribution < 1.29 is 14.6 Å². The minimum absolute atomic E-state index is 0.111. The molecular formula is C21H22Cl2N4O3. The molecule has 7 nitrogen and oxygen atoms in total. The van der Waals surface area contributed by atoms with E-state index in [1.807, 2.05) is 18.3 Å². The van der Waals surface area contributed by atoms with Gasteiger partial charge in [-0.3, -0.25) is 9.89 Å². The summed E-state index contributed by atoms with van der Waals surface area (Å²) in [6, 6.07) is 3.68. The van der Waals surface area contributed by atoms with Crippen molar-refractivity contribution in [2.75, 3.05) is 13.2 Å². The molecule has 3 N–H and O–H groups in total. The number of hydrogen-bond donors (Lipinski definition) is 3. The van der Waals surface area contributed by atoms with E-state index in [0.717, 1.165) is 40.6 Å². The number of nitrogens with zero attached hydrogens (tertiary/aromatic N) is 2. The van der Waals surface area contributed by atoms with Crippen LogP contribution in [0.15, 0.2) is 24.5 Å². The van der Waals surface area contributed by atoms with Crippen molar-refractivity contribution in [1.82, 2.24) is 20.1 Å². The van der Waals surface area contributed by atoms with Crippen LogP contribution in [0.2, 0.25) is 10.0 Å². The van der Waals surface area contributed by atoms with Gasteiger partial charge in [-0.2, -0.15) is 5.10 Å². The summed E-state index contributed by atoms with van der Waals surface area (Å²) in [6.45, 7) is 1.34. The fourth-order valence-electron chi connectivity index (χ4n) is 4.60. The number of aromatic amines is 1. The van der Waals surface area contributed by atoms with Crippen molar-refractivity contribution in [3.05, 3.63) is 40.3 Å². The van der Waals surface area contributed by atoms with E-state index in [1.54, 1.807) is 6.20 Å². The summed E-state index contributed by atoms with van der Waals surface area (Å²) in [5.41, 5.74) is 2.72. The molecule has 2 aromatic heterocycles. The maximum absolute atomic E-state index is 12.8. The maximum atomic E-state index is 12.8. The Balaban J connectivity index is 1.51. The molecule has 9 heteroatoms. The second-order valence-corrected chi connectivity index (χ2v) is 8.81. The van der Waals surface area contributed by atoms with Gasteiger partial charge in [0.05, 0.1) is 21.8 Å². The lowest BCUT2D eigenvalue weighted by atomic mass is 9.92. The zero-order valence-electron chi connectivity index (χ0n) is 16.3. The van der Waals surface area contributed by atoms with E-state index < -0.39 is 5.60 Å². The average molecular weight is 449 g/mol. The van der Waals surface area contributed by atoms with Crippen LogP contribution < -0.4 is 5.32 Å². The third kappa shape index (κ3) is 3.21. The summed E-state index contributed by atoms with van der Waals surface area (Å²) in [5.74, 6) is -0.324. The van der Waals surface area contributed by atoms with Crippen molar-refractivity contribution >= 4 is 40.0 Å². The summed E-state index contributed by atoms with van der Waals surface area (Å²) in [4.78, 5) is 12.8. The summed E-state index contributed by atoms with van der Waals surface area (Å²) in [6.07, 6.45) is 5.82. The molecule has 4 heterocycles. The van der Waals surface area contributed by atoms with Gasteiger partial charge in [0, 0.05) is 67.0 Å². The Kier molecular flexibility index (Phi) is 5.01. The number of nitrogens with one attached hydrogen (secondary N) is 2. The van der Waals surface area contributed by atoms with Crippen LogP contribution >= 0.6 is 23.2 Å². The van der Waals surface area contributed by atoms with E-state index in [1.165, 1.54) is 0 Å². The van der Waals surface area contributed by atoms with Crippen molar-refractivity contribution in [3.63, 3.8) is 0 Å². The highest BCUT2D eigenvalue weighted by molar-refractivity contribution is 6.45. The topological polar surface area (TPSA) is 92.2 Å². The van der Waals surface area contributed by atoms with Crippen LogP contribution in [-0.4, -0.2) is 50.6 Å². The molecule has 1 unspecified atom stereocenters. The molecule has 3 aromatic rings. The Hall–Kier alpha value is -2.06. The lowest BCUT2D eigenvalue weighted by Gasteiger charge is -2.34. The molecule has 1 aromatic carbocycles. The van der Waals surface area contributed by atoms with Crippen LogP contribution in [0.25, 0.3) is 22.0 Å². The van der Waals surface area contributed by atoms with E-state index in [4.69, 9.17) is 27.9 Å². The van der Waals surface area contributed by atoms with Gasteiger partial charge >= 0.3 is 0 Å². The van der Waals surface area contributed by atoms with Crippen molar-refractivity contribution in [2.45, 2.75) is 43.9 Å². The van der Waals surface area contributed by atoms with E-state index in [-0.39, 0.29) is 11.9 Å². The minimum atomic E-state index is -1.36. The zero-order chi connectivity index (χ0) is 20.9. The molecule has 158 valence electrons. The average Bonchev–Trinajstić information content (AvgIpc) is 3.37. The Morgan fingerprint density at radius 3 is 2.87 bits per heavy atom. The smallest absolute Gasteiger partial charge is 0.252 e. The van der Waals surface area contributed by atoms with Gasteiger partial charge in [0.15, 0.2) is 0 Å². The van der Waals surface area contributed by atoms with E-state index in [0.29, 0.717) is 42.6 Å². The first-order valence-electron chi connectivity index (χ1n) is 10.1. The van der Waals surface area contributed by atoms with Gasteiger partial charge in [-0.05, 0) is 18.9 Å². The van der Waals surface area contributed by atoms with Gasteiger partial charge in [-0.25, -0.2) is 0 Å². The number of fused-ring (bicyclic) bond motifs is 3. The third-order valence-electron chi connectivity index (χ3n) is 6.22. The molecule has 0 saturated carbocycles. The number of hydrogen-bond acceptors (Lipinski definition) is 4. The highest BCUT2D eigenvalue weighted by atomic mass is 35.5. The van der Waals surface area contributed by atoms with Gasteiger partial charge in [0.2, 0.25) is 0 Å². The monoisotopic (exact) mass is 448 g/mol. The number of carbonyl (C=O) groups is 1. The molecule has 1 fully saturated rings.